The van der Waals surface area contributed by atoms with Gasteiger partial charge in [-0.25, -0.2) is 4.39 Å². The standard InChI is InChI=1S/C14H18FN3O/c1-10(16)3-2-4-14-17-13(18-19-14)9-11-5-7-12(15)8-6-11/h5-8,10H,2-4,9,16H2,1H3. The molecular formula is C14H18FN3O. The maximum atomic E-state index is 12.8. The minimum absolute atomic E-state index is 0.196. The van der Waals surface area contributed by atoms with Crippen LogP contribution in [-0.2, 0) is 12.8 Å². The lowest BCUT2D eigenvalue weighted by atomic mass is 10.1. The summed E-state index contributed by atoms with van der Waals surface area (Å²) in [5.41, 5.74) is 6.64. The quantitative estimate of drug-likeness (QED) is 0.869. The first kappa shape index (κ1) is 13.7. The van der Waals surface area contributed by atoms with Crippen molar-refractivity contribution in [1.29, 1.82) is 0 Å². The molecule has 1 unspecified atom stereocenters. The van der Waals surface area contributed by atoms with E-state index in [-0.39, 0.29) is 11.9 Å². The Kier molecular flexibility index (Phi) is 4.63. The van der Waals surface area contributed by atoms with Crippen molar-refractivity contribution in [2.45, 2.75) is 38.6 Å². The Morgan fingerprint density at radius 1 is 1.32 bits per heavy atom. The average Bonchev–Trinajstić information content (AvgIpc) is 2.79. The first-order chi connectivity index (χ1) is 9.13. The predicted molar refractivity (Wildman–Crippen MR) is 70.1 cm³/mol. The molecule has 2 rings (SSSR count). The fourth-order valence-electron chi connectivity index (χ4n) is 1.82. The summed E-state index contributed by atoms with van der Waals surface area (Å²) in [6.45, 7) is 1.98. The number of hydrogen-bond donors (Lipinski definition) is 1. The number of nitrogens with two attached hydrogens (primary N) is 1. The van der Waals surface area contributed by atoms with Gasteiger partial charge in [0.2, 0.25) is 5.89 Å². The molecule has 0 saturated heterocycles. The molecule has 2 aromatic rings. The van der Waals surface area contributed by atoms with E-state index >= 15 is 0 Å². The summed E-state index contributed by atoms with van der Waals surface area (Å²) in [6.07, 6.45) is 3.18. The fourth-order valence-corrected chi connectivity index (χ4v) is 1.82. The molecule has 0 spiro atoms. The van der Waals surface area contributed by atoms with E-state index in [1.54, 1.807) is 12.1 Å². The van der Waals surface area contributed by atoms with Crippen molar-refractivity contribution >= 4 is 0 Å². The Labute approximate surface area is 111 Å². The molecule has 0 radical (unpaired) electrons. The van der Waals surface area contributed by atoms with Gasteiger partial charge in [-0.15, -0.1) is 0 Å². The molecule has 1 aromatic heterocycles. The Hall–Kier alpha value is -1.75. The molecule has 102 valence electrons. The number of aromatic nitrogens is 2. The van der Waals surface area contributed by atoms with Gasteiger partial charge in [-0.2, -0.15) is 4.98 Å². The highest BCUT2D eigenvalue weighted by Crippen LogP contribution is 2.10. The summed E-state index contributed by atoms with van der Waals surface area (Å²) in [6, 6.07) is 6.50. The van der Waals surface area contributed by atoms with E-state index in [1.165, 1.54) is 12.1 Å². The summed E-state index contributed by atoms with van der Waals surface area (Å²) in [5, 5.41) is 3.92. The Morgan fingerprint density at radius 2 is 2.05 bits per heavy atom. The number of halogens is 1. The number of rotatable bonds is 6. The van der Waals surface area contributed by atoms with Crippen LogP contribution in [0, 0.1) is 5.82 Å². The highest BCUT2D eigenvalue weighted by Gasteiger charge is 2.07. The van der Waals surface area contributed by atoms with Crippen LogP contribution in [0.4, 0.5) is 4.39 Å². The molecule has 0 aliphatic rings. The first-order valence-corrected chi connectivity index (χ1v) is 6.45. The molecule has 1 heterocycles. The topological polar surface area (TPSA) is 64.9 Å². The van der Waals surface area contributed by atoms with E-state index < -0.39 is 0 Å². The molecule has 4 nitrogen and oxygen atoms in total. The van der Waals surface area contributed by atoms with Gasteiger partial charge in [-0.05, 0) is 37.5 Å². The van der Waals surface area contributed by atoms with E-state index in [2.05, 4.69) is 10.1 Å². The van der Waals surface area contributed by atoms with E-state index in [0.717, 1.165) is 24.8 Å². The van der Waals surface area contributed by atoms with Gasteiger partial charge in [0.05, 0.1) is 0 Å². The summed E-state index contributed by atoms with van der Waals surface area (Å²) < 4.78 is 17.9. The molecule has 0 amide bonds. The molecule has 1 atom stereocenters. The molecular weight excluding hydrogens is 245 g/mol. The van der Waals surface area contributed by atoms with Gasteiger partial charge >= 0.3 is 0 Å². The lowest BCUT2D eigenvalue weighted by Crippen LogP contribution is -2.14. The summed E-state index contributed by atoms with van der Waals surface area (Å²) in [4.78, 5) is 4.31. The Balaban J connectivity index is 1.88. The Bertz CT molecular complexity index is 508. The molecule has 19 heavy (non-hydrogen) atoms. The zero-order valence-corrected chi connectivity index (χ0v) is 11.0. The second-order valence-corrected chi connectivity index (χ2v) is 4.78. The molecule has 0 aliphatic carbocycles. The monoisotopic (exact) mass is 263 g/mol. The van der Waals surface area contributed by atoms with Gasteiger partial charge < -0.3 is 10.3 Å². The van der Waals surface area contributed by atoms with E-state index in [0.29, 0.717) is 18.1 Å². The van der Waals surface area contributed by atoms with Gasteiger partial charge in [0, 0.05) is 18.9 Å². The second-order valence-electron chi connectivity index (χ2n) is 4.78. The van der Waals surface area contributed by atoms with Crippen molar-refractivity contribution < 1.29 is 8.91 Å². The molecule has 1 aromatic carbocycles. The zero-order chi connectivity index (χ0) is 13.7. The SMILES string of the molecule is CC(N)CCCc1nc(Cc2ccc(F)cc2)no1. The minimum atomic E-state index is -0.242. The van der Waals surface area contributed by atoms with Crippen LogP contribution >= 0.6 is 0 Å². The summed E-state index contributed by atoms with van der Waals surface area (Å²) in [5.74, 6) is 1.02. The van der Waals surface area contributed by atoms with Gasteiger partial charge in [-0.3, -0.25) is 0 Å². The van der Waals surface area contributed by atoms with Crippen LogP contribution in [0.25, 0.3) is 0 Å². The summed E-state index contributed by atoms with van der Waals surface area (Å²) >= 11 is 0. The minimum Gasteiger partial charge on any atom is -0.339 e. The predicted octanol–water partition coefficient (Wildman–Crippen LogP) is 2.47. The normalized spacial score (nSPS) is 12.6. The molecule has 5 heteroatoms. The molecule has 2 N–H and O–H groups in total. The molecule has 0 saturated carbocycles. The smallest absolute Gasteiger partial charge is 0.226 e. The number of aryl methyl sites for hydroxylation is 1. The lowest BCUT2D eigenvalue weighted by molar-refractivity contribution is 0.368. The second kappa shape index (κ2) is 6.43. The molecule has 0 fully saturated rings. The highest BCUT2D eigenvalue weighted by molar-refractivity contribution is 5.19. The maximum Gasteiger partial charge on any atom is 0.226 e. The van der Waals surface area contributed by atoms with Crippen LogP contribution < -0.4 is 5.73 Å². The third-order valence-electron chi connectivity index (χ3n) is 2.84. The molecule has 0 bridgehead atoms. The van der Waals surface area contributed by atoms with E-state index in [1.807, 2.05) is 6.92 Å². The van der Waals surface area contributed by atoms with Crippen LogP contribution in [0.15, 0.2) is 28.8 Å². The fraction of sp³-hybridized carbons (Fsp3) is 0.429. The van der Waals surface area contributed by atoms with Crippen LogP contribution in [0.3, 0.4) is 0 Å². The van der Waals surface area contributed by atoms with Crippen molar-refractivity contribution in [3.8, 4) is 0 Å². The summed E-state index contributed by atoms with van der Waals surface area (Å²) in [7, 11) is 0. The van der Waals surface area contributed by atoms with Crippen LogP contribution in [0.2, 0.25) is 0 Å². The van der Waals surface area contributed by atoms with E-state index in [9.17, 15) is 4.39 Å². The number of nitrogens with zero attached hydrogens (tertiary/aromatic N) is 2. The van der Waals surface area contributed by atoms with Crippen LogP contribution in [0.1, 0.15) is 37.0 Å². The average molecular weight is 263 g/mol. The zero-order valence-electron chi connectivity index (χ0n) is 11.0. The van der Waals surface area contributed by atoms with Crippen molar-refractivity contribution in [2.75, 3.05) is 0 Å². The van der Waals surface area contributed by atoms with Crippen molar-refractivity contribution in [1.82, 2.24) is 10.1 Å². The highest BCUT2D eigenvalue weighted by atomic mass is 19.1. The third-order valence-corrected chi connectivity index (χ3v) is 2.84. The third kappa shape index (κ3) is 4.44. The Morgan fingerprint density at radius 3 is 2.74 bits per heavy atom. The number of hydrogen-bond acceptors (Lipinski definition) is 4. The maximum absolute atomic E-state index is 12.8. The largest absolute Gasteiger partial charge is 0.339 e. The first-order valence-electron chi connectivity index (χ1n) is 6.45. The van der Waals surface area contributed by atoms with Gasteiger partial charge in [0.25, 0.3) is 0 Å². The van der Waals surface area contributed by atoms with Gasteiger partial charge in [-0.1, -0.05) is 17.3 Å². The van der Waals surface area contributed by atoms with Crippen LogP contribution in [-0.4, -0.2) is 16.2 Å². The van der Waals surface area contributed by atoms with Crippen molar-refractivity contribution in [3.63, 3.8) is 0 Å². The van der Waals surface area contributed by atoms with Crippen LogP contribution in [0.5, 0.6) is 0 Å². The van der Waals surface area contributed by atoms with E-state index in [4.69, 9.17) is 10.3 Å². The van der Waals surface area contributed by atoms with Gasteiger partial charge in [0.1, 0.15) is 5.82 Å². The van der Waals surface area contributed by atoms with Crippen molar-refractivity contribution in [3.05, 3.63) is 47.4 Å². The van der Waals surface area contributed by atoms with Crippen molar-refractivity contribution in [2.24, 2.45) is 5.73 Å². The van der Waals surface area contributed by atoms with Gasteiger partial charge in [0.15, 0.2) is 5.82 Å². The number of benzene rings is 1. The molecule has 0 aliphatic heterocycles. The lowest BCUT2D eigenvalue weighted by Gasteiger charge is -2.00.